The van der Waals surface area contributed by atoms with E-state index in [-0.39, 0.29) is 17.9 Å². The van der Waals surface area contributed by atoms with Crippen LogP contribution in [-0.2, 0) is 14.3 Å². The van der Waals surface area contributed by atoms with Gasteiger partial charge in [-0.05, 0) is 38.3 Å². The summed E-state index contributed by atoms with van der Waals surface area (Å²) < 4.78 is 5.70. The Morgan fingerprint density at radius 3 is 2.62 bits per heavy atom. The van der Waals surface area contributed by atoms with Gasteiger partial charge in [-0.1, -0.05) is 25.1 Å². The molecule has 1 heterocycles. The zero-order valence-electron chi connectivity index (χ0n) is 14.4. The molecule has 1 aromatic carbocycles. The number of anilines is 1. The topological polar surface area (TPSA) is 84.7 Å². The molecule has 132 valence electrons. The second-order valence-electron chi connectivity index (χ2n) is 6.12. The highest BCUT2D eigenvalue weighted by Crippen LogP contribution is 2.22. The van der Waals surface area contributed by atoms with E-state index in [4.69, 9.17) is 10.5 Å². The Balaban J connectivity index is 2.02. The summed E-state index contributed by atoms with van der Waals surface area (Å²) in [4.78, 5) is 26.9. The molecule has 1 unspecified atom stereocenters. The number of hydrogen-bond donors (Lipinski definition) is 2. The van der Waals surface area contributed by atoms with E-state index in [0.717, 1.165) is 18.5 Å². The standard InChI is InChI=1S/C18H27N3O3/c1-3-11-21(18(23)16-10-9-15(12-19)24-16)13(2)17(22)20-14-7-5-4-6-8-14/h4-8,13,15-16H,3,9-12,19H2,1-2H3,(H,20,22)/t13?,15-,16+/m1/s1. The van der Waals surface area contributed by atoms with Crippen LogP contribution < -0.4 is 11.1 Å². The van der Waals surface area contributed by atoms with E-state index in [1.54, 1.807) is 11.8 Å². The fourth-order valence-electron chi connectivity index (χ4n) is 2.89. The maximum atomic E-state index is 12.8. The van der Waals surface area contributed by atoms with Crippen LogP contribution in [0.2, 0.25) is 0 Å². The van der Waals surface area contributed by atoms with Crippen LogP contribution >= 0.6 is 0 Å². The quantitative estimate of drug-likeness (QED) is 0.796. The van der Waals surface area contributed by atoms with Crippen LogP contribution in [0.4, 0.5) is 5.69 Å². The molecule has 0 spiro atoms. The van der Waals surface area contributed by atoms with E-state index >= 15 is 0 Å². The van der Waals surface area contributed by atoms with Crippen molar-refractivity contribution in [2.75, 3.05) is 18.4 Å². The molecule has 2 rings (SSSR count). The van der Waals surface area contributed by atoms with E-state index < -0.39 is 12.1 Å². The summed E-state index contributed by atoms with van der Waals surface area (Å²) in [7, 11) is 0. The molecule has 1 fully saturated rings. The lowest BCUT2D eigenvalue weighted by atomic mass is 10.1. The normalized spacial score (nSPS) is 21.3. The SMILES string of the molecule is CCCN(C(=O)[C@@H]1CC[C@H](CN)O1)C(C)C(=O)Nc1ccccc1. The molecule has 1 aliphatic heterocycles. The number of benzene rings is 1. The maximum absolute atomic E-state index is 12.8. The molecule has 1 aliphatic rings. The van der Waals surface area contributed by atoms with Gasteiger partial charge >= 0.3 is 0 Å². The van der Waals surface area contributed by atoms with Crippen LogP contribution in [0.25, 0.3) is 0 Å². The third-order valence-electron chi connectivity index (χ3n) is 4.28. The number of para-hydroxylation sites is 1. The summed E-state index contributed by atoms with van der Waals surface area (Å²) in [6.07, 6.45) is 1.68. The molecule has 3 N–H and O–H groups in total. The van der Waals surface area contributed by atoms with E-state index in [2.05, 4.69) is 5.32 Å². The number of ether oxygens (including phenoxy) is 1. The summed E-state index contributed by atoms with van der Waals surface area (Å²) in [5.74, 6) is -0.320. The number of carbonyl (C=O) groups excluding carboxylic acids is 2. The van der Waals surface area contributed by atoms with Gasteiger partial charge in [0.05, 0.1) is 6.10 Å². The van der Waals surface area contributed by atoms with Crippen molar-refractivity contribution in [1.82, 2.24) is 4.90 Å². The number of carbonyl (C=O) groups is 2. The predicted molar refractivity (Wildman–Crippen MR) is 93.5 cm³/mol. The third-order valence-corrected chi connectivity index (χ3v) is 4.28. The number of nitrogens with two attached hydrogens (primary N) is 1. The predicted octanol–water partition coefficient (Wildman–Crippen LogP) is 1.76. The lowest BCUT2D eigenvalue weighted by molar-refractivity contribution is -0.147. The monoisotopic (exact) mass is 333 g/mol. The zero-order chi connectivity index (χ0) is 17.5. The smallest absolute Gasteiger partial charge is 0.252 e. The van der Waals surface area contributed by atoms with Gasteiger partial charge in [0.2, 0.25) is 5.91 Å². The Kier molecular flexibility index (Phi) is 6.75. The van der Waals surface area contributed by atoms with Crippen LogP contribution in [0.5, 0.6) is 0 Å². The number of nitrogens with one attached hydrogen (secondary N) is 1. The average Bonchev–Trinajstić information content (AvgIpc) is 3.08. The molecule has 0 aromatic heterocycles. The van der Waals surface area contributed by atoms with E-state index in [1.165, 1.54) is 0 Å². The molecule has 0 aliphatic carbocycles. The Morgan fingerprint density at radius 2 is 2.04 bits per heavy atom. The highest BCUT2D eigenvalue weighted by Gasteiger charge is 2.35. The maximum Gasteiger partial charge on any atom is 0.252 e. The van der Waals surface area contributed by atoms with E-state index in [1.807, 2.05) is 37.3 Å². The second-order valence-corrected chi connectivity index (χ2v) is 6.12. The second kappa shape index (κ2) is 8.80. The summed E-state index contributed by atoms with van der Waals surface area (Å²) in [5.41, 5.74) is 6.33. The molecular weight excluding hydrogens is 306 g/mol. The van der Waals surface area contributed by atoms with Crippen LogP contribution in [0.3, 0.4) is 0 Å². The summed E-state index contributed by atoms with van der Waals surface area (Å²) in [6, 6.07) is 8.68. The zero-order valence-corrected chi connectivity index (χ0v) is 14.4. The van der Waals surface area contributed by atoms with Crippen molar-refractivity contribution < 1.29 is 14.3 Å². The van der Waals surface area contributed by atoms with Crippen LogP contribution in [-0.4, -0.2) is 48.1 Å². The van der Waals surface area contributed by atoms with Gasteiger partial charge in [-0.3, -0.25) is 9.59 Å². The van der Waals surface area contributed by atoms with E-state index in [0.29, 0.717) is 19.5 Å². The van der Waals surface area contributed by atoms with Crippen molar-refractivity contribution in [3.8, 4) is 0 Å². The minimum Gasteiger partial charge on any atom is -0.364 e. The molecule has 0 radical (unpaired) electrons. The summed E-state index contributed by atoms with van der Waals surface area (Å²) >= 11 is 0. The van der Waals surface area contributed by atoms with Gasteiger partial charge < -0.3 is 20.7 Å². The van der Waals surface area contributed by atoms with Crippen molar-refractivity contribution in [2.45, 2.75) is 51.4 Å². The molecule has 6 nitrogen and oxygen atoms in total. The van der Waals surface area contributed by atoms with E-state index in [9.17, 15) is 9.59 Å². The summed E-state index contributed by atoms with van der Waals surface area (Å²) in [6.45, 7) is 4.68. The van der Waals surface area contributed by atoms with Gasteiger partial charge in [0, 0.05) is 18.8 Å². The van der Waals surface area contributed by atoms with Crippen molar-refractivity contribution >= 4 is 17.5 Å². The molecule has 3 atom stereocenters. The summed E-state index contributed by atoms with van der Waals surface area (Å²) in [5, 5.41) is 2.85. The molecular formula is C18H27N3O3. The fourth-order valence-corrected chi connectivity index (χ4v) is 2.89. The molecule has 24 heavy (non-hydrogen) atoms. The minimum atomic E-state index is -0.557. The average molecular weight is 333 g/mol. The first-order chi connectivity index (χ1) is 11.6. The number of nitrogens with zero attached hydrogens (tertiary/aromatic N) is 1. The number of rotatable bonds is 7. The van der Waals surface area contributed by atoms with Gasteiger partial charge in [0.25, 0.3) is 5.91 Å². The highest BCUT2D eigenvalue weighted by atomic mass is 16.5. The lowest BCUT2D eigenvalue weighted by Crippen LogP contribution is -2.49. The lowest BCUT2D eigenvalue weighted by Gasteiger charge is -2.30. The fraction of sp³-hybridized carbons (Fsp3) is 0.556. The molecule has 0 bridgehead atoms. The van der Waals surface area contributed by atoms with Gasteiger partial charge in [-0.15, -0.1) is 0 Å². The molecule has 1 aromatic rings. The van der Waals surface area contributed by atoms with Crippen molar-refractivity contribution in [1.29, 1.82) is 0 Å². The molecule has 6 heteroatoms. The first-order valence-corrected chi connectivity index (χ1v) is 8.58. The van der Waals surface area contributed by atoms with Gasteiger partial charge in [0.1, 0.15) is 12.1 Å². The van der Waals surface area contributed by atoms with Crippen molar-refractivity contribution in [3.05, 3.63) is 30.3 Å². The van der Waals surface area contributed by atoms with Gasteiger partial charge in [-0.25, -0.2) is 0 Å². The minimum absolute atomic E-state index is 0.0594. The Hall–Kier alpha value is -1.92. The third kappa shape index (κ3) is 4.55. The Labute approximate surface area is 143 Å². The number of amides is 2. The van der Waals surface area contributed by atoms with Crippen LogP contribution in [0.1, 0.15) is 33.1 Å². The number of hydrogen-bond acceptors (Lipinski definition) is 4. The first kappa shape index (κ1) is 18.4. The Bertz CT molecular complexity index is 550. The van der Waals surface area contributed by atoms with Crippen molar-refractivity contribution in [2.24, 2.45) is 5.73 Å². The molecule has 1 saturated heterocycles. The Morgan fingerprint density at radius 1 is 1.33 bits per heavy atom. The largest absolute Gasteiger partial charge is 0.364 e. The van der Waals surface area contributed by atoms with Crippen molar-refractivity contribution in [3.63, 3.8) is 0 Å². The van der Waals surface area contributed by atoms with Crippen LogP contribution in [0, 0.1) is 0 Å². The van der Waals surface area contributed by atoms with Crippen LogP contribution in [0.15, 0.2) is 30.3 Å². The van der Waals surface area contributed by atoms with Gasteiger partial charge in [-0.2, -0.15) is 0 Å². The van der Waals surface area contributed by atoms with Gasteiger partial charge in [0.15, 0.2) is 0 Å². The first-order valence-electron chi connectivity index (χ1n) is 8.58. The highest BCUT2D eigenvalue weighted by molar-refractivity contribution is 5.97. The molecule has 2 amide bonds. The molecule has 0 saturated carbocycles.